The number of fused-ring (bicyclic) bond motifs is 1. The van der Waals surface area contributed by atoms with Crippen LogP contribution in [0.2, 0.25) is 0 Å². The number of carbonyl (C=O) groups is 2. The van der Waals surface area contributed by atoms with E-state index in [2.05, 4.69) is 19.1 Å². The number of aliphatic hydroxyl groups is 1. The Kier molecular flexibility index (Phi) is 5.86. The van der Waals surface area contributed by atoms with E-state index in [1.54, 1.807) is 24.3 Å². The third kappa shape index (κ3) is 4.30. The zero-order valence-electron chi connectivity index (χ0n) is 16.6. The van der Waals surface area contributed by atoms with E-state index in [9.17, 15) is 14.7 Å². The number of hydrogen-bond donors (Lipinski definition) is 1. The fourth-order valence-electron chi connectivity index (χ4n) is 4.83. The lowest BCUT2D eigenvalue weighted by molar-refractivity contribution is -0.141. The average molecular weight is 396 g/mol. The molecule has 7 atom stereocenters. The number of hydrogen-bond acceptors (Lipinski definition) is 5. The number of allylic oxidation sites excluding steroid dienone is 2. The quantitative estimate of drug-likeness (QED) is 0.587. The normalized spacial score (nSPS) is 32.9. The largest absolute Gasteiger partial charge is 0.462 e. The molecule has 3 aliphatic rings. The molecule has 2 unspecified atom stereocenters. The fraction of sp³-hybridized carbons (Fsp3) is 0.500. The molecule has 154 valence electrons. The van der Waals surface area contributed by atoms with Gasteiger partial charge in [-0.1, -0.05) is 49.4 Å². The van der Waals surface area contributed by atoms with Gasteiger partial charge in [-0.05, 0) is 36.8 Å². The van der Waals surface area contributed by atoms with Crippen molar-refractivity contribution in [2.45, 2.75) is 50.9 Å². The summed E-state index contributed by atoms with van der Waals surface area (Å²) in [7, 11) is 0. The number of carbonyl (C=O) groups excluding carboxylic acids is 2. The van der Waals surface area contributed by atoms with Crippen molar-refractivity contribution in [2.75, 3.05) is 0 Å². The molecule has 1 aromatic carbocycles. The Bertz CT molecular complexity index is 799. The molecular weight excluding hydrogens is 368 g/mol. The number of aliphatic hydroxyl groups excluding tert-OH is 1. The van der Waals surface area contributed by atoms with E-state index >= 15 is 0 Å². The molecule has 0 amide bonds. The summed E-state index contributed by atoms with van der Waals surface area (Å²) in [5, 5.41) is 10.7. The second-order valence-corrected chi connectivity index (χ2v) is 8.42. The predicted octanol–water partition coefficient (Wildman–Crippen LogP) is 3.68. The Morgan fingerprint density at radius 3 is 2.83 bits per heavy atom. The van der Waals surface area contributed by atoms with Crippen LogP contribution in [0.5, 0.6) is 0 Å². The molecule has 29 heavy (non-hydrogen) atoms. The molecule has 2 aliphatic carbocycles. The van der Waals surface area contributed by atoms with Gasteiger partial charge in [0.15, 0.2) is 0 Å². The first-order valence-electron chi connectivity index (χ1n) is 10.5. The first-order valence-corrected chi connectivity index (χ1v) is 10.5. The van der Waals surface area contributed by atoms with Crippen LogP contribution in [0.3, 0.4) is 0 Å². The van der Waals surface area contributed by atoms with Crippen LogP contribution in [0.15, 0.2) is 54.6 Å². The molecule has 2 fully saturated rings. The fourth-order valence-corrected chi connectivity index (χ4v) is 4.83. The zero-order chi connectivity index (χ0) is 20.4. The van der Waals surface area contributed by atoms with Crippen molar-refractivity contribution in [3.8, 4) is 0 Å². The Balaban J connectivity index is 1.46. The molecule has 5 nitrogen and oxygen atoms in total. The van der Waals surface area contributed by atoms with E-state index in [0.717, 1.165) is 12.8 Å². The minimum Gasteiger partial charge on any atom is -0.462 e. The summed E-state index contributed by atoms with van der Waals surface area (Å²) in [5.74, 6) is -0.217. The lowest BCUT2D eigenvalue weighted by atomic mass is 9.86. The summed E-state index contributed by atoms with van der Waals surface area (Å²) >= 11 is 0. The van der Waals surface area contributed by atoms with Crippen LogP contribution in [-0.2, 0) is 14.3 Å². The summed E-state index contributed by atoms with van der Waals surface area (Å²) in [5.41, 5.74) is 0.506. The van der Waals surface area contributed by atoms with E-state index in [-0.39, 0.29) is 41.9 Å². The van der Waals surface area contributed by atoms with Crippen LogP contribution in [0.1, 0.15) is 43.0 Å². The van der Waals surface area contributed by atoms with Crippen LogP contribution < -0.4 is 0 Å². The summed E-state index contributed by atoms with van der Waals surface area (Å²) in [6, 6.07) is 8.90. The molecule has 0 spiro atoms. The van der Waals surface area contributed by atoms with Gasteiger partial charge in [-0.3, -0.25) is 4.79 Å². The lowest BCUT2D eigenvalue weighted by Crippen LogP contribution is -2.26. The van der Waals surface area contributed by atoms with Gasteiger partial charge < -0.3 is 14.6 Å². The highest BCUT2D eigenvalue weighted by Gasteiger charge is 2.50. The molecule has 4 rings (SSSR count). The van der Waals surface area contributed by atoms with Gasteiger partial charge in [-0.25, -0.2) is 4.79 Å². The maximum atomic E-state index is 12.5. The van der Waals surface area contributed by atoms with Gasteiger partial charge in [0.25, 0.3) is 0 Å². The highest BCUT2D eigenvalue weighted by Crippen LogP contribution is 2.44. The van der Waals surface area contributed by atoms with E-state index in [4.69, 9.17) is 9.47 Å². The predicted molar refractivity (Wildman–Crippen MR) is 108 cm³/mol. The maximum Gasteiger partial charge on any atom is 0.338 e. The van der Waals surface area contributed by atoms with E-state index in [1.165, 1.54) is 0 Å². The highest BCUT2D eigenvalue weighted by molar-refractivity contribution is 5.89. The zero-order valence-corrected chi connectivity index (χ0v) is 16.6. The summed E-state index contributed by atoms with van der Waals surface area (Å²) in [4.78, 5) is 24.3. The van der Waals surface area contributed by atoms with Gasteiger partial charge in [0.2, 0.25) is 0 Å². The molecule has 1 aromatic rings. The first-order chi connectivity index (χ1) is 14.0. The minimum absolute atomic E-state index is 0.0128. The Labute approximate surface area is 171 Å². The number of ether oxygens (including phenoxy) is 2. The Morgan fingerprint density at radius 2 is 2.10 bits per heavy atom. The molecule has 0 radical (unpaired) electrons. The molecule has 0 bridgehead atoms. The van der Waals surface area contributed by atoms with Gasteiger partial charge in [-0.2, -0.15) is 0 Å². The van der Waals surface area contributed by atoms with Gasteiger partial charge in [0.1, 0.15) is 12.2 Å². The van der Waals surface area contributed by atoms with Crippen LogP contribution in [0.4, 0.5) is 0 Å². The van der Waals surface area contributed by atoms with Crippen molar-refractivity contribution in [1.82, 2.24) is 0 Å². The van der Waals surface area contributed by atoms with E-state index in [1.807, 2.05) is 18.2 Å². The standard InChI is InChI=1S/C24H28O5/c1-15(16-7-5-6-8-16)20(25)12-11-18-19-13-23(26)28-22(19)14-21(18)29-24(27)17-9-3-2-4-10-17/h2-5,7,9-12,15-16,18-22,25H,6,8,13-14H2,1H3/t15?,16?,18-,19-,20+,21-,22+/m1/s1. The summed E-state index contributed by atoms with van der Waals surface area (Å²) in [6.45, 7) is 2.06. The second kappa shape index (κ2) is 8.54. The third-order valence-corrected chi connectivity index (χ3v) is 6.61. The van der Waals surface area contributed by atoms with Crippen LogP contribution >= 0.6 is 0 Å². The van der Waals surface area contributed by atoms with E-state index in [0.29, 0.717) is 24.3 Å². The summed E-state index contributed by atoms with van der Waals surface area (Å²) in [6.07, 6.45) is 9.90. The van der Waals surface area contributed by atoms with Crippen molar-refractivity contribution in [3.05, 3.63) is 60.2 Å². The third-order valence-electron chi connectivity index (χ3n) is 6.61. The molecule has 1 N–H and O–H groups in total. The number of rotatable bonds is 6. The van der Waals surface area contributed by atoms with Crippen molar-refractivity contribution >= 4 is 11.9 Å². The van der Waals surface area contributed by atoms with E-state index < -0.39 is 6.10 Å². The molecule has 1 saturated heterocycles. The first kappa shape index (κ1) is 19.9. The van der Waals surface area contributed by atoms with Gasteiger partial charge in [-0.15, -0.1) is 0 Å². The highest BCUT2D eigenvalue weighted by atomic mass is 16.6. The maximum absolute atomic E-state index is 12.5. The smallest absolute Gasteiger partial charge is 0.338 e. The van der Waals surface area contributed by atoms with Crippen molar-refractivity contribution in [1.29, 1.82) is 0 Å². The van der Waals surface area contributed by atoms with Crippen LogP contribution in [0.25, 0.3) is 0 Å². The molecule has 0 aromatic heterocycles. The summed E-state index contributed by atoms with van der Waals surface area (Å²) < 4.78 is 11.2. The molecule has 1 aliphatic heterocycles. The Morgan fingerprint density at radius 1 is 1.31 bits per heavy atom. The van der Waals surface area contributed by atoms with Gasteiger partial charge in [0, 0.05) is 18.3 Å². The minimum atomic E-state index is -0.578. The van der Waals surface area contributed by atoms with Crippen molar-refractivity contribution in [3.63, 3.8) is 0 Å². The SMILES string of the molecule is CC(C1C=CCC1)[C@@H](O)C=C[C@@H]1[C@H]2CC(=O)O[C@H]2C[C@H]1OC(=O)c1ccccc1. The molecule has 1 saturated carbocycles. The molecule has 5 heteroatoms. The van der Waals surface area contributed by atoms with Crippen LogP contribution in [-0.4, -0.2) is 35.4 Å². The van der Waals surface area contributed by atoms with Crippen LogP contribution in [0, 0.1) is 23.7 Å². The number of esters is 2. The van der Waals surface area contributed by atoms with Crippen molar-refractivity contribution < 1.29 is 24.2 Å². The van der Waals surface area contributed by atoms with Gasteiger partial charge in [0.05, 0.1) is 18.1 Å². The lowest BCUT2D eigenvalue weighted by Gasteiger charge is -2.23. The second-order valence-electron chi connectivity index (χ2n) is 8.42. The van der Waals surface area contributed by atoms with Gasteiger partial charge >= 0.3 is 11.9 Å². The average Bonchev–Trinajstić information content (AvgIpc) is 3.43. The number of benzene rings is 1. The van der Waals surface area contributed by atoms with Crippen molar-refractivity contribution in [2.24, 2.45) is 23.7 Å². The Hall–Kier alpha value is -2.40. The monoisotopic (exact) mass is 396 g/mol. The molecular formula is C24H28O5. The topological polar surface area (TPSA) is 72.8 Å². The molecule has 1 heterocycles.